The zero-order valence-corrected chi connectivity index (χ0v) is 5.58. The van der Waals surface area contributed by atoms with Gasteiger partial charge in [-0.05, 0) is 19.4 Å². The average molecular weight is 145 g/mol. The van der Waals surface area contributed by atoms with Gasteiger partial charge in [-0.15, -0.1) is 0 Å². The van der Waals surface area contributed by atoms with Crippen LogP contribution in [0.4, 0.5) is 0 Å². The number of carboxylic acid groups (broad SMARTS) is 1. The first-order valence-electron chi connectivity index (χ1n) is 3.36. The van der Waals surface area contributed by atoms with Crippen LogP contribution in [0.25, 0.3) is 0 Å². The highest BCUT2D eigenvalue weighted by atomic mass is 16.4. The van der Waals surface area contributed by atoms with Crippen molar-refractivity contribution >= 4 is 5.97 Å². The molecule has 0 amide bonds. The van der Waals surface area contributed by atoms with Gasteiger partial charge in [-0.25, -0.2) is 4.79 Å². The summed E-state index contributed by atoms with van der Waals surface area (Å²) in [6.07, 6.45) is 0.477. The number of aliphatic carboxylic acids is 1. The first kappa shape index (κ1) is 7.50. The van der Waals surface area contributed by atoms with Crippen molar-refractivity contribution in [3.05, 3.63) is 0 Å². The number of hydrogen-bond donors (Lipinski definition) is 3. The highest BCUT2D eigenvalue weighted by molar-refractivity contribution is 5.72. The molecular formula is C6H11NO3. The van der Waals surface area contributed by atoms with E-state index in [1.165, 1.54) is 0 Å². The maximum absolute atomic E-state index is 10.2. The van der Waals surface area contributed by atoms with E-state index in [1.54, 1.807) is 0 Å². The Labute approximate surface area is 58.9 Å². The Bertz CT molecular complexity index is 131. The second-order valence-electron chi connectivity index (χ2n) is 2.49. The minimum atomic E-state index is -1.23. The van der Waals surface area contributed by atoms with E-state index < -0.39 is 12.1 Å². The molecule has 0 aromatic carbocycles. The lowest BCUT2D eigenvalue weighted by Gasteiger charge is -2.12. The van der Waals surface area contributed by atoms with E-state index in [0.717, 1.165) is 19.4 Å². The molecule has 1 saturated heterocycles. The van der Waals surface area contributed by atoms with Gasteiger partial charge in [0.15, 0.2) is 6.10 Å². The smallest absolute Gasteiger partial charge is 0.334 e. The summed E-state index contributed by atoms with van der Waals surface area (Å²) in [4.78, 5) is 10.2. The van der Waals surface area contributed by atoms with Crippen LogP contribution in [0.5, 0.6) is 0 Å². The van der Waals surface area contributed by atoms with Crippen LogP contribution < -0.4 is 5.32 Å². The van der Waals surface area contributed by atoms with Crippen LogP contribution in [0.2, 0.25) is 0 Å². The molecule has 3 N–H and O–H groups in total. The largest absolute Gasteiger partial charge is 0.479 e. The molecule has 1 heterocycles. The highest BCUT2D eigenvalue weighted by Gasteiger charge is 2.27. The SMILES string of the molecule is O=C(O)[C@H](O)C1CCCN1. The summed E-state index contributed by atoms with van der Waals surface area (Å²) in [6.45, 7) is 0.814. The molecule has 4 heteroatoms. The third-order valence-electron chi connectivity index (χ3n) is 1.73. The molecule has 1 aliphatic heterocycles. The predicted molar refractivity (Wildman–Crippen MR) is 34.7 cm³/mol. The van der Waals surface area contributed by atoms with Crippen molar-refractivity contribution in [2.24, 2.45) is 0 Å². The van der Waals surface area contributed by atoms with Crippen molar-refractivity contribution in [3.8, 4) is 0 Å². The summed E-state index contributed by atoms with van der Waals surface area (Å²) in [5.41, 5.74) is 0. The minimum absolute atomic E-state index is 0.238. The lowest BCUT2D eigenvalue weighted by atomic mass is 10.1. The molecule has 1 fully saturated rings. The molecule has 1 unspecified atom stereocenters. The monoisotopic (exact) mass is 145 g/mol. The van der Waals surface area contributed by atoms with Gasteiger partial charge in [0.2, 0.25) is 0 Å². The van der Waals surface area contributed by atoms with Gasteiger partial charge in [0.1, 0.15) is 0 Å². The normalized spacial score (nSPS) is 28.3. The zero-order chi connectivity index (χ0) is 7.56. The summed E-state index contributed by atoms with van der Waals surface area (Å²) < 4.78 is 0. The average Bonchev–Trinajstić information content (AvgIpc) is 2.36. The number of carbonyl (C=O) groups is 1. The van der Waals surface area contributed by atoms with E-state index in [4.69, 9.17) is 10.2 Å². The Kier molecular flexibility index (Phi) is 2.24. The fraction of sp³-hybridized carbons (Fsp3) is 0.833. The summed E-state index contributed by atoms with van der Waals surface area (Å²) in [7, 11) is 0. The first-order valence-corrected chi connectivity index (χ1v) is 3.36. The summed E-state index contributed by atoms with van der Waals surface area (Å²) in [6, 6.07) is -0.238. The van der Waals surface area contributed by atoms with Crippen molar-refractivity contribution in [1.29, 1.82) is 0 Å². The lowest BCUT2D eigenvalue weighted by molar-refractivity contribution is -0.147. The second kappa shape index (κ2) is 2.98. The highest BCUT2D eigenvalue weighted by Crippen LogP contribution is 2.08. The van der Waals surface area contributed by atoms with Crippen LogP contribution in [-0.2, 0) is 4.79 Å². The van der Waals surface area contributed by atoms with E-state index >= 15 is 0 Å². The molecule has 4 nitrogen and oxygen atoms in total. The second-order valence-corrected chi connectivity index (χ2v) is 2.49. The molecular weight excluding hydrogens is 134 g/mol. The number of rotatable bonds is 2. The van der Waals surface area contributed by atoms with E-state index in [9.17, 15) is 4.79 Å². The number of aliphatic hydroxyl groups is 1. The van der Waals surface area contributed by atoms with Crippen LogP contribution in [-0.4, -0.2) is 34.9 Å². The molecule has 10 heavy (non-hydrogen) atoms. The van der Waals surface area contributed by atoms with Gasteiger partial charge >= 0.3 is 5.97 Å². The van der Waals surface area contributed by atoms with Crippen molar-refractivity contribution in [2.45, 2.75) is 25.0 Å². The van der Waals surface area contributed by atoms with Gasteiger partial charge in [-0.3, -0.25) is 0 Å². The Balaban J connectivity index is 2.39. The maximum atomic E-state index is 10.2. The molecule has 1 rings (SSSR count). The maximum Gasteiger partial charge on any atom is 0.334 e. The quantitative estimate of drug-likeness (QED) is 0.475. The minimum Gasteiger partial charge on any atom is -0.479 e. The van der Waals surface area contributed by atoms with Crippen LogP contribution in [0.15, 0.2) is 0 Å². The Morgan fingerprint density at radius 2 is 2.40 bits per heavy atom. The predicted octanol–water partition coefficient (Wildman–Crippen LogP) is -0.816. The molecule has 58 valence electrons. The molecule has 0 aromatic heterocycles. The molecule has 0 saturated carbocycles. The van der Waals surface area contributed by atoms with Crippen LogP contribution in [0, 0.1) is 0 Å². The number of carboxylic acids is 1. The first-order chi connectivity index (χ1) is 4.72. The van der Waals surface area contributed by atoms with Gasteiger partial charge < -0.3 is 15.5 Å². The van der Waals surface area contributed by atoms with Crippen molar-refractivity contribution in [2.75, 3.05) is 6.54 Å². The van der Waals surface area contributed by atoms with Gasteiger partial charge in [0, 0.05) is 6.04 Å². The van der Waals surface area contributed by atoms with E-state index in [1.807, 2.05) is 0 Å². The molecule has 0 spiro atoms. The Morgan fingerprint density at radius 1 is 1.70 bits per heavy atom. The third-order valence-corrected chi connectivity index (χ3v) is 1.73. The number of nitrogens with one attached hydrogen (secondary N) is 1. The number of hydrogen-bond acceptors (Lipinski definition) is 3. The number of aliphatic hydroxyl groups excluding tert-OH is 1. The standard InChI is InChI=1S/C6H11NO3/c8-5(6(9)10)4-2-1-3-7-4/h4-5,7-8H,1-3H2,(H,9,10)/t4?,5-/m1/s1. The molecule has 0 aliphatic carbocycles. The molecule has 2 atom stereocenters. The van der Waals surface area contributed by atoms with Crippen LogP contribution >= 0.6 is 0 Å². The third kappa shape index (κ3) is 1.46. The molecule has 0 aromatic rings. The molecule has 0 bridgehead atoms. The van der Waals surface area contributed by atoms with Crippen molar-refractivity contribution in [1.82, 2.24) is 5.32 Å². The van der Waals surface area contributed by atoms with Crippen LogP contribution in [0.1, 0.15) is 12.8 Å². The van der Waals surface area contributed by atoms with Gasteiger partial charge in [0.25, 0.3) is 0 Å². The fourth-order valence-electron chi connectivity index (χ4n) is 1.15. The summed E-state index contributed by atoms with van der Waals surface area (Å²) in [5.74, 6) is -1.14. The topological polar surface area (TPSA) is 69.6 Å². The molecule has 0 radical (unpaired) electrons. The van der Waals surface area contributed by atoms with Crippen LogP contribution in [0.3, 0.4) is 0 Å². The zero-order valence-electron chi connectivity index (χ0n) is 5.58. The summed E-state index contributed by atoms with van der Waals surface area (Å²) in [5, 5.41) is 20.2. The summed E-state index contributed by atoms with van der Waals surface area (Å²) >= 11 is 0. The van der Waals surface area contributed by atoms with Gasteiger partial charge in [0.05, 0.1) is 0 Å². The van der Waals surface area contributed by atoms with Crippen molar-refractivity contribution < 1.29 is 15.0 Å². The Morgan fingerprint density at radius 3 is 2.80 bits per heavy atom. The van der Waals surface area contributed by atoms with Gasteiger partial charge in [-0.2, -0.15) is 0 Å². The Hall–Kier alpha value is -0.610. The van der Waals surface area contributed by atoms with Gasteiger partial charge in [-0.1, -0.05) is 0 Å². The lowest BCUT2D eigenvalue weighted by Crippen LogP contribution is -2.40. The van der Waals surface area contributed by atoms with E-state index in [2.05, 4.69) is 5.32 Å². The molecule has 1 aliphatic rings. The van der Waals surface area contributed by atoms with E-state index in [-0.39, 0.29) is 6.04 Å². The van der Waals surface area contributed by atoms with E-state index in [0.29, 0.717) is 0 Å². The fourth-order valence-corrected chi connectivity index (χ4v) is 1.15. The van der Waals surface area contributed by atoms with Crippen molar-refractivity contribution in [3.63, 3.8) is 0 Å².